The first-order valence-electron chi connectivity index (χ1n) is 10.6. The second kappa shape index (κ2) is 13.2. The van der Waals surface area contributed by atoms with Gasteiger partial charge in [-0.3, -0.25) is 4.99 Å². The first-order valence-corrected chi connectivity index (χ1v) is 10.6. The van der Waals surface area contributed by atoms with Crippen molar-refractivity contribution in [1.82, 2.24) is 10.6 Å². The van der Waals surface area contributed by atoms with E-state index in [1.54, 1.807) is 0 Å². The Hall–Kier alpha value is -1.02. The summed E-state index contributed by atoms with van der Waals surface area (Å²) >= 11 is 0. The number of aliphatic imine (C=N–C) groups is 1. The van der Waals surface area contributed by atoms with Gasteiger partial charge < -0.3 is 20.6 Å². The Morgan fingerprint density at radius 3 is 2.50 bits per heavy atom. The van der Waals surface area contributed by atoms with E-state index in [4.69, 9.17) is 4.99 Å². The highest BCUT2D eigenvalue weighted by atomic mass is 127. The third kappa shape index (κ3) is 7.43. The maximum absolute atomic E-state index is 9.41. The van der Waals surface area contributed by atoms with Gasteiger partial charge in [0.1, 0.15) is 0 Å². The van der Waals surface area contributed by atoms with Crippen molar-refractivity contribution >= 4 is 35.6 Å². The van der Waals surface area contributed by atoms with Crippen molar-refractivity contribution in [2.24, 2.45) is 16.3 Å². The SMILES string of the molecule is CCNC(=NCC(CC)(CC)CCO)NCC1CCN(c2ccccc2)C1.I. The first kappa shape index (κ1) is 25.0. The zero-order chi connectivity index (χ0) is 19.5. The third-order valence-electron chi connectivity index (χ3n) is 6.02. The van der Waals surface area contributed by atoms with E-state index >= 15 is 0 Å². The smallest absolute Gasteiger partial charge is 0.191 e. The molecule has 0 aliphatic carbocycles. The molecule has 1 unspecified atom stereocenters. The van der Waals surface area contributed by atoms with Gasteiger partial charge in [-0.25, -0.2) is 0 Å². The number of para-hydroxylation sites is 1. The molecule has 1 fully saturated rings. The normalized spacial score (nSPS) is 17.4. The number of nitrogens with one attached hydrogen (secondary N) is 2. The van der Waals surface area contributed by atoms with Gasteiger partial charge in [0.25, 0.3) is 0 Å². The van der Waals surface area contributed by atoms with Crippen molar-refractivity contribution in [1.29, 1.82) is 0 Å². The Bertz CT molecular complexity index is 563. The van der Waals surface area contributed by atoms with E-state index < -0.39 is 0 Å². The quantitative estimate of drug-likeness (QED) is 0.258. The number of hydrogen-bond acceptors (Lipinski definition) is 3. The van der Waals surface area contributed by atoms with E-state index in [0.717, 1.165) is 57.9 Å². The summed E-state index contributed by atoms with van der Waals surface area (Å²) in [5.41, 5.74) is 1.43. The van der Waals surface area contributed by atoms with Crippen molar-refractivity contribution in [3.8, 4) is 0 Å². The van der Waals surface area contributed by atoms with Gasteiger partial charge in [-0.1, -0.05) is 32.0 Å². The third-order valence-corrected chi connectivity index (χ3v) is 6.02. The Labute approximate surface area is 188 Å². The fraction of sp³-hybridized carbons (Fsp3) is 0.682. The molecule has 2 rings (SSSR count). The van der Waals surface area contributed by atoms with E-state index in [0.29, 0.717) is 5.92 Å². The number of hydrogen-bond donors (Lipinski definition) is 3. The molecule has 0 saturated carbocycles. The van der Waals surface area contributed by atoms with Gasteiger partial charge in [-0.2, -0.15) is 0 Å². The fourth-order valence-corrected chi connectivity index (χ4v) is 3.85. The highest BCUT2D eigenvalue weighted by Gasteiger charge is 2.26. The van der Waals surface area contributed by atoms with Gasteiger partial charge in [-0.15, -0.1) is 24.0 Å². The van der Waals surface area contributed by atoms with Crippen LogP contribution in [0.2, 0.25) is 0 Å². The van der Waals surface area contributed by atoms with Crippen LogP contribution in [0.3, 0.4) is 0 Å². The van der Waals surface area contributed by atoms with Gasteiger partial charge in [0.05, 0.1) is 0 Å². The van der Waals surface area contributed by atoms with E-state index in [1.165, 1.54) is 12.1 Å². The van der Waals surface area contributed by atoms with Crippen LogP contribution in [0.25, 0.3) is 0 Å². The Morgan fingerprint density at radius 2 is 1.89 bits per heavy atom. The number of benzene rings is 1. The summed E-state index contributed by atoms with van der Waals surface area (Å²) in [6.45, 7) is 11.5. The van der Waals surface area contributed by atoms with Crippen molar-refractivity contribution in [2.75, 3.05) is 44.2 Å². The topological polar surface area (TPSA) is 59.9 Å². The molecule has 0 spiro atoms. The molecule has 1 heterocycles. The number of rotatable bonds is 10. The molecule has 5 nitrogen and oxygen atoms in total. The molecular formula is C22H39IN4O. The summed E-state index contributed by atoms with van der Waals surface area (Å²) in [7, 11) is 0. The molecule has 0 aromatic heterocycles. The van der Waals surface area contributed by atoms with E-state index in [1.807, 2.05) is 0 Å². The molecular weight excluding hydrogens is 463 g/mol. The lowest BCUT2D eigenvalue weighted by molar-refractivity contribution is 0.175. The van der Waals surface area contributed by atoms with Gasteiger partial charge in [0.15, 0.2) is 5.96 Å². The fourth-order valence-electron chi connectivity index (χ4n) is 3.85. The number of nitrogens with zero attached hydrogens (tertiary/aromatic N) is 2. The zero-order valence-electron chi connectivity index (χ0n) is 17.8. The van der Waals surface area contributed by atoms with Gasteiger partial charge in [0.2, 0.25) is 0 Å². The number of guanidine groups is 1. The molecule has 0 amide bonds. The van der Waals surface area contributed by atoms with Crippen molar-refractivity contribution < 1.29 is 5.11 Å². The highest BCUT2D eigenvalue weighted by molar-refractivity contribution is 14.0. The lowest BCUT2D eigenvalue weighted by atomic mass is 9.79. The number of anilines is 1. The van der Waals surface area contributed by atoms with Crippen LogP contribution in [0.1, 0.15) is 46.5 Å². The number of aliphatic hydroxyl groups is 1. The van der Waals surface area contributed by atoms with E-state index in [-0.39, 0.29) is 36.0 Å². The minimum Gasteiger partial charge on any atom is -0.396 e. The number of aliphatic hydroxyl groups excluding tert-OH is 1. The Balaban J connectivity index is 0.00000392. The second-order valence-electron chi connectivity index (χ2n) is 7.69. The molecule has 1 saturated heterocycles. The van der Waals surface area contributed by atoms with Crippen molar-refractivity contribution in [2.45, 2.75) is 46.5 Å². The lowest BCUT2D eigenvalue weighted by Crippen LogP contribution is -2.41. The predicted molar refractivity (Wildman–Crippen MR) is 131 cm³/mol. The molecule has 0 bridgehead atoms. The molecule has 1 aliphatic heterocycles. The molecule has 6 heteroatoms. The largest absolute Gasteiger partial charge is 0.396 e. The van der Waals surface area contributed by atoms with Crippen LogP contribution >= 0.6 is 24.0 Å². The molecule has 3 N–H and O–H groups in total. The second-order valence-corrected chi connectivity index (χ2v) is 7.69. The molecule has 0 radical (unpaired) electrons. The lowest BCUT2D eigenvalue weighted by Gasteiger charge is -2.29. The summed E-state index contributed by atoms with van der Waals surface area (Å²) in [6.07, 6.45) is 4.11. The van der Waals surface area contributed by atoms with Gasteiger partial charge in [0, 0.05) is 45.0 Å². The summed E-state index contributed by atoms with van der Waals surface area (Å²) in [5.74, 6) is 1.54. The highest BCUT2D eigenvalue weighted by Crippen LogP contribution is 2.30. The molecule has 1 atom stereocenters. The molecule has 1 aromatic rings. The van der Waals surface area contributed by atoms with Crippen molar-refractivity contribution in [3.63, 3.8) is 0 Å². The van der Waals surface area contributed by atoms with Crippen LogP contribution in [0.4, 0.5) is 5.69 Å². The van der Waals surface area contributed by atoms with Crippen LogP contribution in [0.5, 0.6) is 0 Å². The maximum Gasteiger partial charge on any atom is 0.191 e. The first-order chi connectivity index (χ1) is 13.2. The van der Waals surface area contributed by atoms with Gasteiger partial charge in [-0.05, 0) is 56.1 Å². The van der Waals surface area contributed by atoms with Crippen LogP contribution < -0.4 is 15.5 Å². The van der Waals surface area contributed by atoms with E-state index in [2.05, 4.69) is 66.6 Å². The van der Waals surface area contributed by atoms with Crippen LogP contribution in [-0.4, -0.2) is 50.4 Å². The standard InChI is InChI=1S/C22H38N4O.HI/c1-4-22(5-2,13-15-27)18-25-21(23-6-3)24-16-19-12-14-26(17-19)20-10-8-7-9-11-20;/h7-11,19,27H,4-6,12-18H2,1-3H3,(H2,23,24,25);1H. The van der Waals surface area contributed by atoms with Crippen LogP contribution in [0, 0.1) is 11.3 Å². The molecule has 160 valence electrons. The zero-order valence-corrected chi connectivity index (χ0v) is 20.1. The monoisotopic (exact) mass is 502 g/mol. The summed E-state index contributed by atoms with van der Waals surface area (Å²) in [4.78, 5) is 7.32. The number of halogens is 1. The predicted octanol–water partition coefficient (Wildman–Crippen LogP) is 3.87. The average molecular weight is 502 g/mol. The average Bonchev–Trinajstić information content (AvgIpc) is 3.19. The Kier molecular flexibility index (Phi) is 11.8. The minimum atomic E-state index is 0. The molecule has 1 aromatic carbocycles. The van der Waals surface area contributed by atoms with Crippen LogP contribution in [-0.2, 0) is 0 Å². The maximum atomic E-state index is 9.41. The minimum absolute atomic E-state index is 0. The summed E-state index contributed by atoms with van der Waals surface area (Å²) in [6, 6.07) is 10.7. The summed E-state index contributed by atoms with van der Waals surface area (Å²) in [5, 5.41) is 16.3. The van der Waals surface area contributed by atoms with E-state index in [9.17, 15) is 5.11 Å². The van der Waals surface area contributed by atoms with Gasteiger partial charge >= 0.3 is 0 Å². The Morgan fingerprint density at radius 1 is 1.18 bits per heavy atom. The summed E-state index contributed by atoms with van der Waals surface area (Å²) < 4.78 is 0. The molecule has 1 aliphatic rings. The van der Waals surface area contributed by atoms with Crippen molar-refractivity contribution in [3.05, 3.63) is 30.3 Å². The molecule has 28 heavy (non-hydrogen) atoms. The van der Waals surface area contributed by atoms with Crippen LogP contribution in [0.15, 0.2) is 35.3 Å².